The van der Waals surface area contributed by atoms with Gasteiger partial charge in [0.2, 0.25) is 5.91 Å². The molecule has 2 unspecified atom stereocenters. The van der Waals surface area contributed by atoms with Gasteiger partial charge in [0.05, 0.1) is 31.1 Å². The van der Waals surface area contributed by atoms with Gasteiger partial charge in [0, 0.05) is 12.4 Å². The number of nitrogens with one attached hydrogen (secondary N) is 2. The minimum atomic E-state index is -1.65. The summed E-state index contributed by atoms with van der Waals surface area (Å²) in [4.78, 5) is 29.2. The molecule has 0 bridgehead atoms. The summed E-state index contributed by atoms with van der Waals surface area (Å²) in [5.41, 5.74) is 1.06. The summed E-state index contributed by atoms with van der Waals surface area (Å²) in [5, 5.41) is 24.6. The van der Waals surface area contributed by atoms with Crippen LogP contribution < -0.4 is 15.4 Å². The van der Waals surface area contributed by atoms with E-state index >= 15 is 0 Å². The molecular weight excluding hydrogens is 385 g/mol. The summed E-state index contributed by atoms with van der Waals surface area (Å²) in [7, 11) is -0.114. The van der Waals surface area contributed by atoms with E-state index in [1.165, 1.54) is 13.3 Å². The van der Waals surface area contributed by atoms with Crippen molar-refractivity contribution >= 4 is 18.9 Å². The predicted molar refractivity (Wildman–Crippen MR) is 114 cm³/mol. The molecule has 0 saturated heterocycles. The molecule has 1 aromatic carbocycles. The zero-order chi connectivity index (χ0) is 21.9. The molecule has 0 saturated carbocycles. The van der Waals surface area contributed by atoms with Crippen molar-refractivity contribution in [3.63, 3.8) is 0 Å². The second-order valence-electron chi connectivity index (χ2n) is 6.98. The molecule has 0 radical (unpaired) electrons. The lowest BCUT2D eigenvalue weighted by atomic mass is 9.76. The number of amides is 2. The lowest BCUT2D eigenvalue weighted by Gasteiger charge is -2.22. The number of pyridine rings is 1. The number of carbonyl (C=O) groups excluding carboxylic acids is 2. The van der Waals surface area contributed by atoms with Crippen LogP contribution in [0.3, 0.4) is 0 Å². The highest BCUT2D eigenvalue weighted by Gasteiger charge is 2.27. The second kappa shape index (κ2) is 11.9. The van der Waals surface area contributed by atoms with Gasteiger partial charge in [-0.05, 0) is 36.2 Å². The first kappa shape index (κ1) is 23.4. The summed E-state index contributed by atoms with van der Waals surface area (Å²) in [6, 6.07) is 9.73. The zero-order valence-electron chi connectivity index (χ0n) is 17.2. The number of carbonyl (C=O) groups is 2. The highest BCUT2D eigenvalue weighted by Crippen LogP contribution is 2.22. The topological polar surface area (TPSA) is 121 Å². The molecule has 0 fully saturated rings. The lowest BCUT2D eigenvalue weighted by Crippen LogP contribution is -2.47. The molecule has 2 rings (SSSR count). The maximum atomic E-state index is 12.6. The summed E-state index contributed by atoms with van der Waals surface area (Å²) >= 11 is 0. The number of hydrogen-bond acceptors (Lipinski definition) is 6. The Kier molecular flexibility index (Phi) is 9.31. The Balaban J connectivity index is 2.18. The quantitative estimate of drug-likeness (QED) is 0.416. The molecule has 1 heterocycles. The van der Waals surface area contributed by atoms with E-state index in [1.54, 1.807) is 42.6 Å². The van der Waals surface area contributed by atoms with Gasteiger partial charge in [-0.2, -0.15) is 0 Å². The van der Waals surface area contributed by atoms with Crippen molar-refractivity contribution in [2.75, 3.05) is 7.11 Å². The highest BCUT2D eigenvalue weighted by molar-refractivity contribution is 6.43. The van der Waals surface area contributed by atoms with Gasteiger partial charge in [-0.1, -0.05) is 31.9 Å². The first-order valence-corrected chi connectivity index (χ1v) is 9.95. The first-order chi connectivity index (χ1) is 14.4. The number of nitrogens with zero attached hydrogens (tertiary/aromatic N) is 1. The molecule has 4 N–H and O–H groups in total. The maximum absolute atomic E-state index is 12.6. The van der Waals surface area contributed by atoms with Crippen LogP contribution in [0.15, 0.2) is 48.8 Å². The van der Waals surface area contributed by atoms with Gasteiger partial charge in [0.15, 0.2) is 0 Å². The van der Waals surface area contributed by atoms with Crippen molar-refractivity contribution in [1.82, 2.24) is 15.6 Å². The monoisotopic (exact) mass is 413 g/mol. The standard InChI is InChI=1S/C21H28BN3O5/c1-3-4-10-19(22(28)29)25-20(26)13-18(15-7-5-9-17(12-15)30-2)24-21(27)16-8-6-11-23-14-16/h5-9,11-12,14,18-19,28-29H,3-4,10,13H2,1-2H3,(H,24,27)(H,25,26). The summed E-state index contributed by atoms with van der Waals surface area (Å²) in [5.74, 6) is -0.936. The van der Waals surface area contributed by atoms with E-state index in [4.69, 9.17) is 4.74 Å². The van der Waals surface area contributed by atoms with Crippen LogP contribution in [0.2, 0.25) is 0 Å². The minimum Gasteiger partial charge on any atom is -0.497 e. The Morgan fingerprint density at radius 2 is 2.00 bits per heavy atom. The number of benzene rings is 1. The minimum absolute atomic E-state index is 0.0749. The molecule has 0 spiro atoms. The van der Waals surface area contributed by atoms with Gasteiger partial charge >= 0.3 is 7.12 Å². The Labute approximate surface area is 176 Å². The zero-order valence-corrected chi connectivity index (χ0v) is 17.2. The molecule has 0 aliphatic heterocycles. The predicted octanol–water partition coefficient (Wildman–Crippen LogP) is 1.64. The highest BCUT2D eigenvalue weighted by atomic mass is 16.5. The number of ether oxygens (including phenoxy) is 1. The van der Waals surface area contributed by atoms with Gasteiger partial charge in [-0.25, -0.2) is 0 Å². The van der Waals surface area contributed by atoms with Crippen LogP contribution in [-0.4, -0.2) is 47.0 Å². The number of rotatable bonds is 11. The molecular formula is C21H28BN3O5. The molecule has 9 heteroatoms. The van der Waals surface area contributed by atoms with Crippen molar-refractivity contribution in [3.05, 3.63) is 59.9 Å². The SMILES string of the molecule is CCCCC(NC(=O)CC(NC(=O)c1cccnc1)c1cccc(OC)c1)B(O)O. The molecule has 0 aliphatic carbocycles. The van der Waals surface area contributed by atoms with Crippen LogP contribution in [0, 0.1) is 0 Å². The molecule has 0 aliphatic rings. The number of hydrogen-bond donors (Lipinski definition) is 4. The maximum Gasteiger partial charge on any atom is 0.475 e. The third kappa shape index (κ3) is 7.16. The normalized spacial score (nSPS) is 12.5. The third-order valence-corrected chi connectivity index (χ3v) is 4.69. The largest absolute Gasteiger partial charge is 0.497 e. The average Bonchev–Trinajstić information content (AvgIpc) is 2.76. The molecule has 2 amide bonds. The fourth-order valence-corrected chi connectivity index (χ4v) is 3.02. The Hall–Kier alpha value is -2.91. The summed E-state index contributed by atoms with van der Waals surface area (Å²) in [6.45, 7) is 1.98. The molecule has 30 heavy (non-hydrogen) atoms. The van der Waals surface area contributed by atoms with E-state index in [-0.39, 0.29) is 12.3 Å². The van der Waals surface area contributed by atoms with Crippen LogP contribution in [0.1, 0.15) is 54.6 Å². The van der Waals surface area contributed by atoms with Gasteiger partial charge < -0.3 is 25.4 Å². The second-order valence-corrected chi connectivity index (χ2v) is 6.98. The van der Waals surface area contributed by atoms with Crippen LogP contribution in [0.25, 0.3) is 0 Å². The van der Waals surface area contributed by atoms with Crippen molar-refractivity contribution in [2.45, 2.75) is 44.6 Å². The summed E-state index contributed by atoms with van der Waals surface area (Å²) < 4.78 is 5.25. The number of methoxy groups -OCH3 is 1. The number of aromatic nitrogens is 1. The Morgan fingerprint density at radius 3 is 2.63 bits per heavy atom. The summed E-state index contributed by atoms with van der Waals surface area (Å²) in [6.07, 6.45) is 5.01. The lowest BCUT2D eigenvalue weighted by molar-refractivity contribution is -0.122. The Morgan fingerprint density at radius 1 is 1.20 bits per heavy atom. The fraction of sp³-hybridized carbons (Fsp3) is 0.381. The van der Waals surface area contributed by atoms with E-state index in [2.05, 4.69) is 15.6 Å². The molecule has 8 nitrogen and oxygen atoms in total. The first-order valence-electron chi connectivity index (χ1n) is 9.95. The average molecular weight is 413 g/mol. The van der Waals surface area contributed by atoms with Crippen LogP contribution >= 0.6 is 0 Å². The Bertz CT molecular complexity index is 819. The van der Waals surface area contributed by atoms with E-state index in [9.17, 15) is 19.6 Å². The van der Waals surface area contributed by atoms with Crippen LogP contribution in [0.5, 0.6) is 5.75 Å². The van der Waals surface area contributed by atoms with E-state index in [1.807, 2.05) is 6.92 Å². The number of unbranched alkanes of at least 4 members (excludes halogenated alkanes) is 1. The van der Waals surface area contributed by atoms with Crippen molar-refractivity contribution < 1.29 is 24.4 Å². The van der Waals surface area contributed by atoms with Gasteiger partial charge in [0.1, 0.15) is 5.75 Å². The fourth-order valence-electron chi connectivity index (χ4n) is 3.02. The van der Waals surface area contributed by atoms with E-state index < -0.39 is 25.0 Å². The van der Waals surface area contributed by atoms with Crippen LogP contribution in [0.4, 0.5) is 0 Å². The molecule has 1 aromatic heterocycles. The van der Waals surface area contributed by atoms with E-state index in [0.717, 1.165) is 12.8 Å². The van der Waals surface area contributed by atoms with Gasteiger partial charge in [-0.15, -0.1) is 0 Å². The third-order valence-electron chi connectivity index (χ3n) is 4.69. The van der Waals surface area contributed by atoms with E-state index in [0.29, 0.717) is 23.3 Å². The smallest absolute Gasteiger partial charge is 0.475 e. The van der Waals surface area contributed by atoms with Crippen molar-refractivity contribution in [1.29, 1.82) is 0 Å². The molecule has 160 valence electrons. The van der Waals surface area contributed by atoms with Crippen molar-refractivity contribution in [2.24, 2.45) is 0 Å². The van der Waals surface area contributed by atoms with Crippen LogP contribution in [-0.2, 0) is 4.79 Å². The molecule has 2 aromatic rings. The molecule has 2 atom stereocenters. The van der Waals surface area contributed by atoms with Gasteiger partial charge in [0.25, 0.3) is 5.91 Å². The van der Waals surface area contributed by atoms with Gasteiger partial charge in [-0.3, -0.25) is 14.6 Å². The van der Waals surface area contributed by atoms with Crippen molar-refractivity contribution in [3.8, 4) is 5.75 Å².